The molecule has 0 aromatic carbocycles. The Labute approximate surface area is 119 Å². The summed E-state index contributed by atoms with van der Waals surface area (Å²) in [6, 6.07) is 1.48. The van der Waals surface area contributed by atoms with Crippen LogP contribution in [0.5, 0.6) is 0 Å². The molecule has 7 heteroatoms. The Bertz CT molecular complexity index is 429. The Morgan fingerprint density at radius 3 is 2.82 bits per heavy atom. The molecule has 0 saturated carbocycles. The summed E-state index contributed by atoms with van der Waals surface area (Å²) < 4.78 is 31.2. The molecular formula is C10H9BrF2INO2. The molecule has 0 unspecified atom stereocenters. The maximum absolute atomic E-state index is 12.7. The first-order valence-electron chi connectivity index (χ1n) is 4.74. The molecule has 17 heavy (non-hydrogen) atoms. The molecule has 1 aromatic heterocycles. The number of hydrogen-bond donors (Lipinski definition) is 0. The number of halogens is 4. The zero-order valence-electron chi connectivity index (χ0n) is 8.84. The molecule has 0 bridgehead atoms. The van der Waals surface area contributed by atoms with Crippen LogP contribution in [-0.4, -0.2) is 17.6 Å². The van der Waals surface area contributed by atoms with Crippen LogP contribution in [0.25, 0.3) is 0 Å². The number of carbonyl (C=O) groups excluding carboxylic acids is 1. The van der Waals surface area contributed by atoms with E-state index in [0.29, 0.717) is 8.17 Å². The molecule has 0 aliphatic heterocycles. The summed E-state index contributed by atoms with van der Waals surface area (Å²) in [6.07, 6.45) is -2.91. The smallest absolute Gasteiger partial charge is 0.310 e. The fourth-order valence-corrected chi connectivity index (χ4v) is 2.00. The summed E-state index contributed by atoms with van der Waals surface area (Å²) in [5, 5.41) is 0. The Morgan fingerprint density at radius 2 is 2.29 bits per heavy atom. The van der Waals surface area contributed by atoms with Crippen LogP contribution >= 0.6 is 38.5 Å². The number of aromatic nitrogens is 1. The first kappa shape index (κ1) is 14.7. The molecule has 94 valence electrons. The number of carbonyl (C=O) groups is 1. The minimum atomic E-state index is -2.71. The monoisotopic (exact) mass is 419 g/mol. The predicted molar refractivity (Wildman–Crippen MR) is 69.9 cm³/mol. The largest absolute Gasteiger partial charge is 0.466 e. The van der Waals surface area contributed by atoms with Gasteiger partial charge in [0.2, 0.25) is 0 Å². The van der Waals surface area contributed by atoms with Gasteiger partial charge in [-0.15, -0.1) is 0 Å². The van der Waals surface area contributed by atoms with Crippen molar-refractivity contribution in [2.75, 3.05) is 6.61 Å². The van der Waals surface area contributed by atoms with Crippen LogP contribution in [0.4, 0.5) is 8.78 Å². The SMILES string of the molecule is CCOC(=O)Cc1cc(Br)c(I)nc1C(F)F. The minimum absolute atomic E-state index is 0.186. The van der Waals surface area contributed by atoms with Crippen molar-refractivity contribution in [1.29, 1.82) is 0 Å². The number of nitrogens with zero attached hydrogens (tertiary/aromatic N) is 1. The third-order valence-corrected chi connectivity index (χ3v) is 4.06. The number of pyridine rings is 1. The van der Waals surface area contributed by atoms with Gasteiger partial charge in [0.05, 0.1) is 13.0 Å². The maximum Gasteiger partial charge on any atom is 0.310 e. The van der Waals surface area contributed by atoms with E-state index in [1.54, 1.807) is 6.92 Å². The number of hydrogen-bond acceptors (Lipinski definition) is 3. The van der Waals surface area contributed by atoms with E-state index < -0.39 is 12.4 Å². The second-order valence-corrected chi connectivity index (χ2v) is 4.96. The van der Waals surface area contributed by atoms with Crippen molar-refractivity contribution in [3.63, 3.8) is 0 Å². The van der Waals surface area contributed by atoms with Crippen LogP contribution in [0.2, 0.25) is 0 Å². The molecule has 0 fully saturated rings. The van der Waals surface area contributed by atoms with Gasteiger partial charge in [0.1, 0.15) is 9.39 Å². The first-order valence-corrected chi connectivity index (χ1v) is 6.61. The highest BCUT2D eigenvalue weighted by molar-refractivity contribution is 14.1. The third kappa shape index (κ3) is 4.13. The van der Waals surface area contributed by atoms with E-state index in [1.165, 1.54) is 6.07 Å². The first-order chi connectivity index (χ1) is 7.95. The van der Waals surface area contributed by atoms with Crippen LogP contribution < -0.4 is 0 Å². The topological polar surface area (TPSA) is 39.2 Å². The Hall–Kier alpha value is -0.310. The fraction of sp³-hybridized carbons (Fsp3) is 0.400. The summed E-state index contributed by atoms with van der Waals surface area (Å²) in [7, 11) is 0. The highest BCUT2D eigenvalue weighted by Gasteiger charge is 2.19. The molecule has 0 amide bonds. The van der Waals surface area contributed by atoms with Gasteiger partial charge in [-0.1, -0.05) is 0 Å². The molecule has 0 spiro atoms. The number of esters is 1. The van der Waals surface area contributed by atoms with Crippen molar-refractivity contribution < 1.29 is 18.3 Å². The van der Waals surface area contributed by atoms with Crippen molar-refractivity contribution in [1.82, 2.24) is 4.98 Å². The van der Waals surface area contributed by atoms with Gasteiger partial charge in [0.25, 0.3) is 6.43 Å². The van der Waals surface area contributed by atoms with Crippen molar-refractivity contribution in [2.24, 2.45) is 0 Å². The average Bonchev–Trinajstić information content (AvgIpc) is 2.23. The van der Waals surface area contributed by atoms with Gasteiger partial charge in [0, 0.05) is 4.47 Å². The molecule has 1 heterocycles. The highest BCUT2D eigenvalue weighted by Crippen LogP contribution is 2.27. The minimum Gasteiger partial charge on any atom is -0.466 e. The molecule has 0 N–H and O–H groups in total. The normalized spacial score (nSPS) is 10.7. The summed E-state index contributed by atoms with van der Waals surface area (Å²) in [4.78, 5) is 15.0. The van der Waals surface area contributed by atoms with Gasteiger partial charge in [-0.3, -0.25) is 4.79 Å². The number of rotatable bonds is 4. The van der Waals surface area contributed by atoms with Gasteiger partial charge >= 0.3 is 5.97 Å². The summed E-state index contributed by atoms with van der Waals surface area (Å²) in [5.74, 6) is -0.538. The second kappa shape index (κ2) is 6.58. The second-order valence-electron chi connectivity index (χ2n) is 3.09. The lowest BCUT2D eigenvalue weighted by molar-refractivity contribution is -0.142. The standard InChI is InChI=1S/C10H9BrF2INO2/c1-2-17-7(16)4-5-3-6(11)10(14)15-8(5)9(12)13/h3,9H,2,4H2,1H3. The lowest BCUT2D eigenvalue weighted by Gasteiger charge is -2.09. The zero-order chi connectivity index (χ0) is 13.0. The van der Waals surface area contributed by atoms with Crippen molar-refractivity contribution >= 4 is 44.5 Å². The highest BCUT2D eigenvalue weighted by atomic mass is 127. The molecular weight excluding hydrogens is 411 g/mol. The third-order valence-electron chi connectivity index (χ3n) is 1.89. The Morgan fingerprint density at radius 1 is 1.65 bits per heavy atom. The molecule has 0 aliphatic carbocycles. The maximum atomic E-state index is 12.7. The molecule has 1 rings (SSSR count). The van der Waals surface area contributed by atoms with Crippen molar-refractivity contribution in [3.05, 3.63) is 25.5 Å². The summed E-state index contributed by atoms with van der Waals surface area (Å²) in [5.41, 5.74) is -0.184. The van der Waals surface area contributed by atoms with Gasteiger partial charge in [-0.05, 0) is 57.1 Å². The predicted octanol–water partition coefficient (Wildman–Crippen LogP) is 3.49. The van der Waals surface area contributed by atoms with E-state index in [2.05, 4.69) is 20.9 Å². The van der Waals surface area contributed by atoms with E-state index in [4.69, 9.17) is 4.74 Å². The number of alkyl halides is 2. The van der Waals surface area contributed by atoms with Crippen LogP contribution in [0, 0.1) is 3.70 Å². The molecule has 0 radical (unpaired) electrons. The van der Waals surface area contributed by atoms with Gasteiger partial charge in [-0.2, -0.15) is 0 Å². The van der Waals surface area contributed by atoms with Gasteiger partial charge in [-0.25, -0.2) is 13.8 Å². The van der Waals surface area contributed by atoms with E-state index >= 15 is 0 Å². The quantitative estimate of drug-likeness (QED) is 0.426. The van der Waals surface area contributed by atoms with E-state index in [9.17, 15) is 13.6 Å². The molecule has 0 atom stereocenters. The van der Waals surface area contributed by atoms with Crippen LogP contribution in [0.1, 0.15) is 24.6 Å². The Kier molecular flexibility index (Phi) is 5.71. The average molecular weight is 420 g/mol. The lowest BCUT2D eigenvalue weighted by atomic mass is 10.1. The summed E-state index contributed by atoms with van der Waals surface area (Å²) in [6.45, 7) is 1.88. The van der Waals surface area contributed by atoms with E-state index in [0.717, 1.165) is 0 Å². The number of ether oxygens (including phenoxy) is 1. The molecule has 0 saturated heterocycles. The van der Waals surface area contributed by atoms with Crippen LogP contribution in [-0.2, 0) is 16.0 Å². The molecule has 0 aliphatic rings. The van der Waals surface area contributed by atoms with Crippen LogP contribution in [0.15, 0.2) is 10.5 Å². The molecule has 1 aromatic rings. The van der Waals surface area contributed by atoms with Crippen molar-refractivity contribution in [3.8, 4) is 0 Å². The Balaban J connectivity index is 3.04. The van der Waals surface area contributed by atoms with Crippen molar-refractivity contribution in [2.45, 2.75) is 19.8 Å². The van der Waals surface area contributed by atoms with E-state index in [-0.39, 0.29) is 24.3 Å². The van der Waals surface area contributed by atoms with Gasteiger partial charge in [0.15, 0.2) is 0 Å². The molecule has 3 nitrogen and oxygen atoms in total. The van der Waals surface area contributed by atoms with Crippen LogP contribution in [0.3, 0.4) is 0 Å². The fourth-order valence-electron chi connectivity index (χ4n) is 1.22. The zero-order valence-corrected chi connectivity index (χ0v) is 12.6. The van der Waals surface area contributed by atoms with Gasteiger partial charge < -0.3 is 4.74 Å². The summed E-state index contributed by atoms with van der Waals surface area (Å²) >= 11 is 5.03. The van der Waals surface area contributed by atoms with E-state index in [1.807, 2.05) is 22.6 Å². The lowest BCUT2D eigenvalue weighted by Crippen LogP contribution is -2.11.